The molecule has 0 aromatic heterocycles. The molecule has 0 amide bonds. The van der Waals surface area contributed by atoms with Crippen LogP contribution in [-0.4, -0.2) is 0 Å². The zero-order valence-electron chi connectivity index (χ0n) is 7.10. The Morgan fingerprint density at radius 1 is 1.58 bits per heavy atom. The first-order valence-corrected chi connectivity index (χ1v) is 3.79. The molecule has 0 unspecified atom stereocenters. The van der Waals surface area contributed by atoms with Crippen molar-refractivity contribution in [3.05, 3.63) is 41.7 Å². The third-order valence-corrected chi connectivity index (χ3v) is 1.73. The minimum Gasteiger partial charge on any atom is -0.326 e. The van der Waals surface area contributed by atoms with Crippen molar-refractivity contribution < 1.29 is 4.39 Å². The van der Waals surface area contributed by atoms with E-state index in [-0.39, 0.29) is 5.82 Å². The molecule has 0 saturated carbocycles. The van der Waals surface area contributed by atoms with Crippen molar-refractivity contribution in [2.24, 2.45) is 5.73 Å². The van der Waals surface area contributed by atoms with Crippen molar-refractivity contribution in [1.29, 1.82) is 0 Å². The summed E-state index contributed by atoms with van der Waals surface area (Å²) in [5.74, 6) is -0.236. The van der Waals surface area contributed by atoms with Crippen molar-refractivity contribution >= 4 is 5.57 Å². The number of nitrogens with two attached hydrogens (primary N) is 1. The Bertz CT molecular complexity index is 305. The second-order valence-corrected chi connectivity index (χ2v) is 2.80. The van der Waals surface area contributed by atoms with Crippen LogP contribution in [0.2, 0.25) is 0 Å². The maximum absolute atomic E-state index is 13.1. The molecule has 0 bridgehead atoms. The monoisotopic (exact) mass is 165 g/mol. The van der Waals surface area contributed by atoms with Gasteiger partial charge in [0, 0.05) is 12.1 Å². The zero-order chi connectivity index (χ0) is 9.14. The summed E-state index contributed by atoms with van der Waals surface area (Å²) in [6, 6.07) is 4.84. The third kappa shape index (κ3) is 1.71. The van der Waals surface area contributed by atoms with Crippen LogP contribution in [-0.2, 0) is 6.54 Å². The number of hydrogen-bond acceptors (Lipinski definition) is 1. The summed E-state index contributed by atoms with van der Waals surface area (Å²) < 4.78 is 13.1. The Kier molecular flexibility index (Phi) is 2.61. The first kappa shape index (κ1) is 8.94. The fourth-order valence-corrected chi connectivity index (χ4v) is 1.03. The van der Waals surface area contributed by atoms with Gasteiger partial charge in [-0.25, -0.2) is 4.39 Å². The van der Waals surface area contributed by atoms with E-state index in [2.05, 4.69) is 6.58 Å². The standard InChI is InChI=1S/C10H12FN/c1-7(2)9-5-8(6-12)3-4-10(9)11/h3-5H,1,6,12H2,2H3. The lowest BCUT2D eigenvalue weighted by atomic mass is 10.1. The van der Waals surface area contributed by atoms with E-state index in [0.29, 0.717) is 12.1 Å². The molecule has 1 rings (SSSR count). The van der Waals surface area contributed by atoms with Crippen LogP contribution in [0.4, 0.5) is 4.39 Å². The van der Waals surface area contributed by atoms with Gasteiger partial charge in [-0.05, 0) is 30.2 Å². The molecule has 0 saturated heterocycles. The fourth-order valence-electron chi connectivity index (χ4n) is 1.03. The predicted octanol–water partition coefficient (Wildman–Crippen LogP) is 2.32. The van der Waals surface area contributed by atoms with Gasteiger partial charge in [0.2, 0.25) is 0 Å². The van der Waals surface area contributed by atoms with Crippen molar-refractivity contribution in [3.63, 3.8) is 0 Å². The Labute approximate surface area is 71.7 Å². The quantitative estimate of drug-likeness (QED) is 0.715. The largest absolute Gasteiger partial charge is 0.326 e. The highest BCUT2D eigenvalue weighted by Gasteiger charge is 2.02. The summed E-state index contributed by atoms with van der Waals surface area (Å²) in [5.41, 5.74) is 7.62. The van der Waals surface area contributed by atoms with Gasteiger partial charge in [-0.1, -0.05) is 12.6 Å². The van der Waals surface area contributed by atoms with Crippen LogP contribution in [0.1, 0.15) is 18.1 Å². The highest BCUT2D eigenvalue weighted by Crippen LogP contribution is 2.17. The molecule has 2 N–H and O–H groups in total. The van der Waals surface area contributed by atoms with Gasteiger partial charge < -0.3 is 5.73 Å². The number of halogens is 1. The molecule has 0 atom stereocenters. The molecule has 64 valence electrons. The number of hydrogen-bond donors (Lipinski definition) is 1. The Hall–Kier alpha value is -1.15. The highest BCUT2D eigenvalue weighted by atomic mass is 19.1. The lowest BCUT2D eigenvalue weighted by molar-refractivity contribution is 0.623. The number of benzene rings is 1. The maximum Gasteiger partial charge on any atom is 0.130 e. The molecule has 0 radical (unpaired) electrons. The van der Waals surface area contributed by atoms with Crippen LogP contribution in [0.25, 0.3) is 5.57 Å². The summed E-state index contributed by atoms with van der Waals surface area (Å²) in [6.45, 7) is 5.89. The lowest BCUT2D eigenvalue weighted by Gasteiger charge is -2.03. The Morgan fingerprint density at radius 3 is 2.75 bits per heavy atom. The number of allylic oxidation sites excluding steroid dienone is 1. The zero-order valence-corrected chi connectivity index (χ0v) is 7.10. The van der Waals surface area contributed by atoms with Crippen LogP contribution in [0.3, 0.4) is 0 Å². The van der Waals surface area contributed by atoms with Crippen LogP contribution >= 0.6 is 0 Å². The lowest BCUT2D eigenvalue weighted by Crippen LogP contribution is -1.98. The fraction of sp³-hybridized carbons (Fsp3) is 0.200. The van der Waals surface area contributed by atoms with Gasteiger partial charge in [0.15, 0.2) is 0 Å². The van der Waals surface area contributed by atoms with E-state index in [0.717, 1.165) is 11.1 Å². The van der Waals surface area contributed by atoms with Gasteiger partial charge in [-0.3, -0.25) is 0 Å². The van der Waals surface area contributed by atoms with Gasteiger partial charge in [-0.2, -0.15) is 0 Å². The first-order chi connectivity index (χ1) is 5.65. The van der Waals surface area contributed by atoms with Gasteiger partial charge in [-0.15, -0.1) is 0 Å². The molecular formula is C10H12FN. The van der Waals surface area contributed by atoms with Crippen LogP contribution in [0, 0.1) is 5.82 Å². The molecule has 0 aliphatic rings. The summed E-state index contributed by atoms with van der Waals surface area (Å²) in [7, 11) is 0. The smallest absolute Gasteiger partial charge is 0.130 e. The Morgan fingerprint density at radius 2 is 2.25 bits per heavy atom. The minimum atomic E-state index is -0.236. The van der Waals surface area contributed by atoms with E-state index in [1.54, 1.807) is 19.1 Å². The van der Waals surface area contributed by atoms with Crippen LogP contribution in [0.5, 0.6) is 0 Å². The first-order valence-electron chi connectivity index (χ1n) is 3.79. The van der Waals surface area contributed by atoms with Crippen LogP contribution in [0.15, 0.2) is 24.8 Å². The predicted molar refractivity (Wildman–Crippen MR) is 49.0 cm³/mol. The molecule has 1 nitrogen and oxygen atoms in total. The van der Waals surface area contributed by atoms with Gasteiger partial charge >= 0.3 is 0 Å². The average Bonchev–Trinajstić information content (AvgIpc) is 2.05. The molecule has 0 fully saturated rings. The minimum absolute atomic E-state index is 0.236. The summed E-state index contributed by atoms with van der Waals surface area (Å²) in [4.78, 5) is 0. The molecule has 0 aliphatic heterocycles. The highest BCUT2D eigenvalue weighted by molar-refractivity contribution is 5.62. The van der Waals surface area contributed by atoms with Gasteiger partial charge in [0.1, 0.15) is 5.82 Å². The van der Waals surface area contributed by atoms with Gasteiger partial charge in [0.05, 0.1) is 0 Å². The Balaban J connectivity index is 3.17. The second-order valence-electron chi connectivity index (χ2n) is 2.80. The van der Waals surface area contributed by atoms with E-state index in [1.165, 1.54) is 6.07 Å². The van der Waals surface area contributed by atoms with Gasteiger partial charge in [0.25, 0.3) is 0 Å². The van der Waals surface area contributed by atoms with Crippen molar-refractivity contribution in [2.45, 2.75) is 13.5 Å². The third-order valence-electron chi connectivity index (χ3n) is 1.73. The molecular weight excluding hydrogens is 153 g/mol. The van der Waals surface area contributed by atoms with Crippen LogP contribution < -0.4 is 5.73 Å². The van der Waals surface area contributed by atoms with Crippen molar-refractivity contribution in [3.8, 4) is 0 Å². The summed E-state index contributed by atoms with van der Waals surface area (Å²) in [6.07, 6.45) is 0. The molecule has 12 heavy (non-hydrogen) atoms. The molecule has 1 aromatic rings. The van der Waals surface area contributed by atoms with E-state index in [4.69, 9.17) is 5.73 Å². The molecule has 2 heteroatoms. The molecule has 0 aliphatic carbocycles. The van der Waals surface area contributed by atoms with E-state index in [9.17, 15) is 4.39 Å². The summed E-state index contributed by atoms with van der Waals surface area (Å²) in [5, 5.41) is 0. The average molecular weight is 165 g/mol. The van der Waals surface area contributed by atoms with E-state index >= 15 is 0 Å². The van der Waals surface area contributed by atoms with E-state index in [1.807, 2.05) is 0 Å². The second kappa shape index (κ2) is 3.50. The maximum atomic E-state index is 13.1. The summed E-state index contributed by atoms with van der Waals surface area (Å²) >= 11 is 0. The molecule has 1 aromatic carbocycles. The topological polar surface area (TPSA) is 26.0 Å². The van der Waals surface area contributed by atoms with E-state index < -0.39 is 0 Å². The van der Waals surface area contributed by atoms with Crippen molar-refractivity contribution in [1.82, 2.24) is 0 Å². The normalized spacial score (nSPS) is 9.92. The molecule has 0 heterocycles. The number of rotatable bonds is 2. The molecule has 0 spiro atoms. The van der Waals surface area contributed by atoms with Crippen molar-refractivity contribution in [2.75, 3.05) is 0 Å². The SMILES string of the molecule is C=C(C)c1cc(CN)ccc1F.